The zero-order valence-corrected chi connectivity index (χ0v) is 10.8. The van der Waals surface area contributed by atoms with Crippen LogP contribution in [0.15, 0.2) is 10.6 Å². The zero-order chi connectivity index (χ0) is 13.0. The molecule has 0 radical (unpaired) electrons. The van der Waals surface area contributed by atoms with Gasteiger partial charge in [0.15, 0.2) is 11.6 Å². The van der Waals surface area contributed by atoms with Gasteiger partial charge in [-0.15, -0.1) is 0 Å². The fraction of sp³-hybridized carbons (Fsp3) is 0.308. The van der Waals surface area contributed by atoms with E-state index in [1.807, 2.05) is 0 Å². The van der Waals surface area contributed by atoms with Crippen LogP contribution in [-0.4, -0.2) is 18.4 Å². The molecule has 0 saturated heterocycles. The van der Waals surface area contributed by atoms with Crippen LogP contribution in [0.3, 0.4) is 0 Å². The summed E-state index contributed by atoms with van der Waals surface area (Å²) in [4.78, 5) is 0. The molecule has 0 amide bonds. The number of nitrogens with two attached hydrogens (primary N) is 1. The fourth-order valence-electron chi connectivity index (χ4n) is 2.72. The largest absolute Gasteiger partial charge is 0.492 e. The average molecular weight is 279 g/mol. The minimum atomic E-state index is 0.351. The first-order valence-electron chi connectivity index (χ1n) is 6.11. The first-order chi connectivity index (χ1) is 9.25. The number of hydrogen-bond acceptors (Lipinski definition) is 5. The van der Waals surface area contributed by atoms with E-state index in [0.717, 1.165) is 41.0 Å². The zero-order valence-electron chi connectivity index (χ0n) is 10.0. The fourth-order valence-corrected chi connectivity index (χ4v) is 3.07. The van der Waals surface area contributed by atoms with Gasteiger partial charge in [0.1, 0.15) is 11.5 Å². The molecular formula is C13H11ClN2O3. The Morgan fingerprint density at radius 1 is 1.11 bits per heavy atom. The topological polar surface area (TPSA) is 70.5 Å². The third-order valence-electron chi connectivity index (χ3n) is 3.51. The first-order valence-corrected chi connectivity index (χ1v) is 6.49. The van der Waals surface area contributed by atoms with E-state index in [9.17, 15) is 0 Å². The van der Waals surface area contributed by atoms with Gasteiger partial charge in [0.25, 0.3) is 0 Å². The molecule has 0 saturated carbocycles. The van der Waals surface area contributed by atoms with E-state index in [4.69, 9.17) is 31.3 Å². The molecule has 0 unspecified atom stereocenters. The van der Waals surface area contributed by atoms with Crippen molar-refractivity contribution in [1.82, 2.24) is 5.16 Å². The number of aromatic nitrogens is 1. The van der Waals surface area contributed by atoms with Gasteiger partial charge in [-0.25, -0.2) is 0 Å². The maximum absolute atomic E-state index is 6.39. The maximum atomic E-state index is 6.39. The van der Waals surface area contributed by atoms with E-state index in [-0.39, 0.29) is 0 Å². The van der Waals surface area contributed by atoms with Crippen LogP contribution in [0, 0.1) is 0 Å². The SMILES string of the molecule is Nc1cc(-c2c3c(c(Cl)c4c2OCC4)OCC3)on1. The number of rotatable bonds is 1. The quantitative estimate of drug-likeness (QED) is 0.867. The number of hydrogen-bond donors (Lipinski definition) is 1. The van der Waals surface area contributed by atoms with Crippen LogP contribution in [0.5, 0.6) is 11.5 Å². The summed E-state index contributed by atoms with van der Waals surface area (Å²) in [5.74, 6) is 2.49. The van der Waals surface area contributed by atoms with Crippen LogP contribution < -0.4 is 15.2 Å². The van der Waals surface area contributed by atoms with Gasteiger partial charge in [-0.2, -0.15) is 0 Å². The summed E-state index contributed by atoms with van der Waals surface area (Å²) in [6, 6.07) is 1.70. The first kappa shape index (κ1) is 11.0. The standard InChI is InChI=1S/C13H11ClN2O3/c14-11-7-2-4-17-12(7)10(6-1-3-18-13(6)11)8-5-9(15)16-19-8/h5H,1-4H2,(H2,15,16). The van der Waals surface area contributed by atoms with Gasteiger partial charge in [0.2, 0.25) is 0 Å². The van der Waals surface area contributed by atoms with Gasteiger partial charge in [0, 0.05) is 30.0 Å². The Hall–Kier alpha value is -1.88. The molecule has 3 heterocycles. The van der Waals surface area contributed by atoms with Gasteiger partial charge in [-0.1, -0.05) is 16.8 Å². The van der Waals surface area contributed by atoms with Crippen molar-refractivity contribution in [2.45, 2.75) is 12.8 Å². The van der Waals surface area contributed by atoms with Crippen LogP contribution in [-0.2, 0) is 12.8 Å². The second kappa shape index (κ2) is 3.81. The highest BCUT2D eigenvalue weighted by Gasteiger charge is 2.32. The van der Waals surface area contributed by atoms with Crippen LogP contribution in [0.1, 0.15) is 11.1 Å². The van der Waals surface area contributed by atoms with Gasteiger partial charge in [-0.05, 0) is 0 Å². The predicted molar refractivity (Wildman–Crippen MR) is 69.8 cm³/mol. The summed E-state index contributed by atoms with van der Waals surface area (Å²) in [7, 11) is 0. The molecule has 0 aliphatic carbocycles. The van der Waals surface area contributed by atoms with Crippen LogP contribution in [0.4, 0.5) is 5.82 Å². The Labute approximate surface area is 114 Å². The number of fused-ring (bicyclic) bond motifs is 2. The number of nitrogen functional groups attached to an aromatic ring is 1. The van der Waals surface area contributed by atoms with Gasteiger partial charge < -0.3 is 19.7 Å². The Morgan fingerprint density at radius 3 is 2.58 bits per heavy atom. The molecule has 2 aliphatic heterocycles. The van der Waals surface area contributed by atoms with Gasteiger partial charge in [0.05, 0.1) is 23.8 Å². The summed E-state index contributed by atoms with van der Waals surface area (Å²) in [6.07, 6.45) is 1.56. The van der Waals surface area contributed by atoms with E-state index >= 15 is 0 Å². The van der Waals surface area contributed by atoms with Crippen molar-refractivity contribution in [3.8, 4) is 22.8 Å². The number of nitrogens with zero attached hydrogens (tertiary/aromatic N) is 1. The molecule has 4 rings (SSSR count). The smallest absolute Gasteiger partial charge is 0.173 e. The summed E-state index contributed by atoms with van der Waals surface area (Å²) < 4.78 is 16.7. The Bertz CT molecular complexity index is 646. The minimum Gasteiger partial charge on any atom is -0.492 e. The Morgan fingerprint density at radius 2 is 1.84 bits per heavy atom. The summed E-state index contributed by atoms with van der Waals surface area (Å²) in [6.45, 7) is 1.24. The molecule has 98 valence electrons. The molecule has 1 aromatic heterocycles. The Kier molecular flexibility index (Phi) is 2.20. The molecule has 19 heavy (non-hydrogen) atoms. The molecule has 0 spiro atoms. The highest BCUT2D eigenvalue weighted by molar-refractivity contribution is 6.33. The highest BCUT2D eigenvalue weighted by atomic mass is 35.5. The lowest BCUT2D eigenvalue weighted by atomic mass is 9.97. The molecule has 0 atom stereocenters. The molecule has 0 bridgehead atoms. The van der Waals surface area contributed by atoms with Crippen molar-refractivity contribution in [1.29, 1.82) is 0 Å². The summed E-state index contributed by atoms with van der Waals surface area (Å²) >= 11 is 6.39. The molecule has 5 nitrogen and oxygen atoms in total. The van der Waals surface area contributed by atoms with Gasteiger partial charge in [-0.3, -0.25) is 0 Å². The third kappa shape index (κ3) is 1.45. The number of halogens is 1. The minimum absolute atomic E-state index is 0.351. The van der Waals surface area contributed by atoms with Crippen molar-refractivity contribution in [3.63, 3.8) is 0 Å². The van der Waals surface area contributed by atoms with Crippen LogP contribution >= 0.6 is 11.6 Å². The van der Waals surface area contributed by atoms with E-state index in [1.54, 1.807) is 6.07 Å². The van der Waals surface area contributed by atoms with Crippen molar-refractivity contribution in [2.75, 3.05) is 18.9 Å². The number of ether oxygens (including phenoxy) is 2. The van der Waals surface area contributed by atoms with E-state index in [0.29, 0.717) is 29.8 Å². The molecule has 2 N–H and O–H groups in total. The summed E-state index contributed by atoms with van der Waals surface area (Å²) in [5.41, 5.74) is 8.51. The lowest BCUT2D eigenvalue weighted by Gasteiger charge is -2.12. The second-order valence-corrected chi connectivity index (χ2v) is 5.00. The molecule has 1 aromatic carbocycles. The second-order valence-electron chi connectivity index (χ2n) is 4.62. The van der Waals surface area contributed by atoms with Crippen LogP contribution in [0.25, 0.3) is 11.3 Å². The normalized spacial score (nSPS) is 15.8. The Balaban J connectivity index is 2.05. The third-order valence-corrected chi connectivity index (χ3v) is 3.91. The van der Waals surface area contributed by atoms with E-state index in [2.05, 4.69) is 5.16 Å². The number of anilines is 1. The van der Waals surface area contributed by atoms with E-state index in [1.165, 1.54) is 0 Å². The number of benzene rings is 1. The van der Waals surface area contributed by atoms with E-state index < -0.39 is 0 Å². The molecule has 2 aliphatic rings. The van der Waals surface area contributed by atoms with Crippen molar-refractivity contribution in [2.24, 2.45) is 0 Å². The highest BCUT2D eigenvalue weighted by Crippen LogP contribution is 2.51. The van der Waals surface area contributed by atoms with Crippen LogP contribution in [0.2, 0.25) is 5.02 Å². The molecule has 0 fully saturated rings. The average Bonchev–Trinajstić information content (AvgIpc) is 3.09. The van der Waals surface area contributed by atoms with Crippen molar-refractivity contribution < 1.29 is 14.0 Å². The van der Waals surface area contributed by atoms with Gasteiger partial charge >= 0.3 is 0 Å². The monoisotopic (exact) mass is 278 g/mol. The molecule has 6 heteroatoms. The maximum Gasteiger partial charge on any atom is 0.173 e. The molecular weight excluding hydrogens is 268 g/mol. The predicted octanol–water partition coefficient (Wildman–Crippen LogP) is 2.45. The lowest BCUT2D eigenvalue weighted by Crippen LogP contribution is -1.92. The van der Waals surface area contributed by atoms with Crippen molar-refractivity contribution in [3.05, 3.63) is 22.2 Å². The summed E-state index contributed by atoms with van der Waals surface area (Å²) in [5, 5.41) is 4.40. The van der Waals surface area contributed by atoms with Crippen molar-refractivity contribution >= 4 is 17.4 Å². The molecule has 2 aromatic rings. The lowest BCUT2D eigenvalue weighted by molar-refractivity contribution is 0.355.